The van der Waals surface area contributed by atoms with Crippen LogP contribution in [0, 0.1) is 18.2 Å². The van der Waals surface area contributed by atoms with E-state index < -0.39 is 53.4 Å². The van der Waals surface area contributed by atoms with E-state index in [4.69, 9.17) is 17.3 Å². The number of halogens is 6. The number of carbonyl (C=O) groups is 4. The number of aryl methyl sites for hydroxylation is 1. The molecule has 5 amide bonds. The highest BCUT2D eigenvalue weighted by Gasteiger charge is 2.63. The van der Waals surface area contributed by atoms with Gasteiger partial charge in [0, 0.05) is 94.7 Å². The van der Waals surface area contributed by atoms with E-state index >= 15 is 13.2 Å². The Kier molecular flexibility index (Phi) is 11.8. The zero-order valence-electron chi connectivity index (χ0n) is 36.7. The van der Waals surface area contributed by atoms with E-state index in [9.17, 15) is 28.0 Å². The lowest BCUT2D eigenvalue weighted by Gasteiger charge is -2.57. The molecule has 0 unspecified atom stereocenters. The van der Waals surface area contributed by atoms with E-state index in [0.717, 1.165) is 16.2 Å². The molecule has 1 saturated carbocycles. The van der Waals surface area contributed by atoms with Crippen molar-refractivity contribution in [2.45, 2.75) is 70.3 Å². The second kappa shape index (κ2) is 17.3. The number of nitrogens with one attached hydrogen (secondary N) is 2. The van der Waals surface area contributed by atoms with E-state index in [-0.39, 0.29) is 86.1 Å². The first-order chi connectivity index (χ1) is 31.9. The maximum absolute atomic E-state index is 16.0. The van der Waals surface area contributed by atoms with Crippen molar-refractivity contribution < 1.29 is 41.1 Å². The number of piperidine rings is 1. The fourth-order valence-electron chi connectivity index (χ4n) is 9.80. The van der Waals surface area contributed by atoms with Crippen molar-refractivity contribution in [3.8, 4) is 11.3 Å². The van der Waals surface area contributed by atoms with Crippen LogP contribution >= 0.6 is 11.6 Å². The summed E-state index contributed by atoms with van der Waals surface area (Å²) in [6.07, 6.45) is 5.30. The topological polar surface area (TPSA) is 174 Å². The second-order valence-corrected chi connectivity index (χ2v) is 18.2. The third-order valence-electron chi connectivity index (χ3n) is 13.4. The van der Waals surface area contributed by atoms with Gasteiger partial charge in [-0.1, -0.05) is 23.7 Å². The molecule has 4 N–H and O–H groups in total. The molecule has 1 aliphatic carbocycles. The lowest BCUT2D eigenvalue weighted by Crippen LogP contribution is -2.70. The third-order valence-corrected chi connectivity index (χ3v) is 13.9. The van der Waals surface area contributed by atoms with Crippen molar-refractivity contribution in [1.82, 2.24) is 34.7 Å². The number of urea groups is 1. The van der Waals surface area contributed by atoms with Gasteiger partial charge in [0.2, 0.25) is 11.8 Å². The maximum Gasteiger partial charge on any atom is 0.328 e. The molecule has 2 aromatic carbocycles. The Morgan fingerprint density at radius 1 is 0.910 bits per heavy atom. The van der Waals surface area contributed by atoms with Crippen molar-refractivity contribution in [2.75, 3.05) is 61.4 Å². The van der Waals surface area contributed by atoms with Crippen molar-refractivity contribution in [3.05, 3.63) is 93.6 Å². The second-order valence-electron chi connectivity index (χ2n) is 17.8. The molecule has 10 rings (SSSR count). The molecule has 5 aliphatic rings. The van der Waals surface area contributed by atoms with Crippen molar-refractivity contribution in [3.63, 3.8) is 0 Å². The minimum absolute atomic E-state index is 0.0505. The Labute approximate surface area is 386 Å². The Hall–Kier alpha value is -6.41. The van der Waals surface area contributed by atoms with Crippen molar-refractivity contribution >= 4 is 63.9 Å². The molecule has 3 aromatic heterocycles. The van der Waals surface area contributed by atoms with Crippen molar-refractivity contribution in [2.24, 2.45) is 11.1 Å². The van der Waals surface area contributed by atoms with Gasteiger partial charge < -0.3 is 20.9 Å². The molecule has 21 heteroatoms. The third kappa shape index (κ3) is 8.49. The zero-order valence-corrected chi connectivity index (χ0v) is 37.4. The van der Waals surface area contributed by atoms with Crippen LogP contribution in [0.4, 0.5) is 49.6 Å². The van der Waals surface area contributed by atoms with Crippen LogP contribution in [0.1, 0.15) is 76.1 Å². The van der Waals surface area contributed by atoms with Crippen LogP contribution in [-0.2, 0) is 17.8 Å². The van der Waals surface area contributed by atoms with Crippen LogP contribution in [0.5, 0.6) is 0 Å². The molecule has 0 atom stereocenters. The smallest absolute Gasteiger partial charge is 0.328 e. The number of nitrogens with zero attached hydrogens (tertiary/aromatic N) is 8. The Bertz CT molecular complexity index is 2830. The molecule has 4 fully saturated rings. The van der Waals surface area contributed by atoms with Gasteiger partial charge >= 0.3 is 6.03 Å². The summed E-state index contributed by atoms with van der Waals surface area (Å²) in [5, 5.41) is 10.2. The number of pyridine rings is 1. The van der Waals surface area contributed by atoms with Crippen LogP contribution in [0.15, 0.2) is 54.9 Å². The van der Waals surface area contributed by atoms with Crippen LogP contribution in [-0.4, -0.2) is 111 Å². The molecular formula is C46H47ClF5N11O4. The molecule has 1 spiro atoms. The summed E-state index contributed by atoms with van der Waals surface area (Å²) in [4.78, 5) is 64.9. The molecule has 7 heterocycles. The summed E-state index contributed by atoms with van der Waals surface area (Å²) in [6.45, 7) is 1.92. The SMILES string of the molecule is CNc1cc(N2CCc3c(-c4ncc(CN5CC6(CCN(C(=O)c7cc(C)c(Cl)c(N8CCC(=O)NC8=O)c7)CC6(F)F)C5)cc4F)cccc32)nn2c(C(N)=O)cnc12.FC1(F)CCCC1. The summed E-state index contributed by atoms with van der Waals surface area (Å²) >= 11 is 6.49. The number of hydrogen-bond donors (Lipinski definition) is 3. The van der Waals surface area contributed by atoms with Gasteiger partial charge in [-0.3, -0.25) is 34.5 Å². The first-order valence-electron chi connectivity index (χ1n) is 22.0. The van der Waals surface area contributed by atoms with Gasteiger partial charge in [0.25, 0.3) is 17.7 Å². The van der Waals surface area contributed by atoms with Crippen molar-refractivity contribution in [1.29, 1.82) is 0 Å². The van der Waals surface area contributed by atoms with Gasteiger partial charge in [-0.25, -0.2) is 36.2 Å². The Balaban J connectivity index is 0.000000737. The Morgan fingerprint density at radius 3 is 2.31 bits per heavy atom. The predicted octanol–water partition coefficient (Wildman–Crippen LogP) is 7.35. The van der Waals surface area contributed by atoms with Crippen LogP contribution in [0.25, 0.3) is 16.9 Å². The van der Waals surface area contributed by atoms with E-state index in [1.807, 2.05) is 34.1 Å². The number of amides is 5. The minimum atomic E-state index is -3.21. The number of primary amides is 1. The molecule has 5 aromatic rings. The fraction of sp³-hybridized carbons (Fsp3) is 0.413. The average Bonchev–Trinajstić information content (AvgIpc) is 4.02. The molecule has 15 nitrogen and oxygen atoms in total. The highest BCUT2D eigenvalue weighted by molar-refractivity contribution is 6.35. The summed E-state index contributed by atoms with van der Waals surface area (Å²) < 4.78 is 73.2. The molecule has 0 bridgehead atoms. The van der Waals surface area contributed by atoms with Gasteiger partial charge in [-0.05, 0) is 73.6 Å². The maximum atomic E-state index is 16.0. The summed E-state index contributed by atoms with van der Waals surface area (Å²) in [5.74, 6) is -7.21. The van der Waals surface area contributed by atoms with E-state index in [1.165, 1.54) is 33.8 Å². The van der Waals surface area contributed by atoms with Gasteiger partial charge in [-0.15, -0.1) is 5.10 Å². The molecule has 352 valence electrons. The number of aromatic nitrogens is 4. The summed E-state index contributed by atoms with van der Waals surface area (Å²) in [7, 11) is 1.74. The average molecular weight is 948 g/mol. The van der Waals surface area contributed by atoms with Crippen LogP contribution in [0.3, 0.4) is 0 Å². The summed E-state index contributed by atoms with van der Waals surface area (Å²) in [6, 6.07) is 11.0. The number of carbonyl (C=O) groups excluding carboxylic acids is 4. The Morgan fingerprint density at radius 2 is 1.66 bits per heavy atom. The van der Waals surface area contributed by atoms with Gasteiger partial charge in [0.1, 0.15) is 17.2 Å². The zero-order chi connectivity index (χ0) is 47.6. The minimum Gasteiger partial charge on any atom is -0.385 e. The van der Waals surface area contributed by atoms with E-state index in [0.29, 0.717) is 59.7 Å². The molecule has 4 aliphatic heterocycles. The number of fused-ring (bicyclic) bond motifs is 2. The first-order valence-corrected chi connectivity index (χ1v) is 22.3. The highest BCUT2D eigenvalue weighted by atomic mass is 35.5. The number of likely N-dealkylation sites (tertiary alicyclic amines) is 2. The molecule has 0 radical (unpaired) electrons. The highest BCUT2D eigenvalue weighted by Crippen LogP contribution is 2.51. The predicted molar refractivity (Wildman–Crippen MR) is 240 cm³/mol. The largest absolute Gasteiger partial charge is 0.385 e. The molecular weight excluding hydrogens is 901 g/mol. The number of nitrogens with two attached hydrogens (primary N) is 1. The van der Waals surface area contributed by atoms with Gasteiger partial charge in [-0.2, -0.15) is 0 Å². The number of imidazole rings is 1. The molecule has 67 heavy (non-hydrogen) atoms. The van der Waals surface area contributed by atoms with Gasteiger partial charge in [0.15, 0.2) is 11.5 Å². The number of benzene rings is 2. The fourth-order valence-corrected chi connectivity index (χ4v) is 10.0. The number of hydrogen-bond acceptors (Lipinski definition) is 10. The van der Waals surface area contributed by atoms with Gasteiger partial charge in [0.05, 0.1) is 34.6 Å². The van der Waals surface area contributed by atoms with Crippen LogP contribution < -0.4 is 26.2 Å². The quantitative estimate of drug-likeness (QED) is 0.134. The monoisotopic (exact) mass is 947 g/mol. The van der Waals surface area contributed by atoms with E-state index in [2.05, 4.69) is 25.7 Å². The number of imide groups is 1. The van der Waals surface area contributed by atoms with E-state index in [1.54, 1.807) is 20.2 Å². The lowest BCUT2D eigenvalue weighted by atomic mass is 9.69. The number of anilines is 4. The standard InChI is InChI=1S/C41H39ClF3N11O4.C5H8F2/c1-22-12-24(14-30(34(22)42)55-10-7-33(57)50-39(55)60)38(59)53-11-8-40(41(44,45)21-53)19-52(20-40)18-23-13-27(43)35(48-16-23)26-4-3-5-29-25(26)6-9-54(29)32-15-28(47-2)37-49-17-31(36(46)58)56(37)51-32;6-5(7)3-1-2-4-5/h3-5,12-17,47H,6-11,18-21H2,1-2H3,(H2,46,58)(H,50,57,60);1-4H2. The lowest BCUT2D eigenvalue weighted by molar-refractivity contribution is -0.220. The summed E-state index contributed by atoms with van der Waals surface area (Å²) in [5.41, 5.74) is 9.29. The van der Waals surface area contributed by atoms with Crippen LogP contribution in [0.2, 0.25) is 5.02 Å². The number of alkyl halides is 4. The molecule has 3 saturated heterocycles. The first kappa shape index (κ1) is 45.7. The number of rotatable bonds is 8. The normalized spacial score (nSPS) is 19.5.